The molecule has 0 spiro atoms. The van der Waals surface area contributed by atoms with E-state index in [1.54, 1.807) is 0 Å². The average Bonchev–Trinajstić information content (AvgIpc) is 3.13. The van der Waals surface area contributed by atoms with Gasteiger partial charge in [-0.3, -0.25) is 0 Å². The predicted octanol–water partition coefficient (Wildman–Crippen LogP) is 2.87. The third-order valence-electron chi connectivity index (χ3n) is 4.19. The van der Waals surface area contributed by atoms with Gasteiger partial charge in [-0.15, -0.1) is 0 Å². The maximum absolute atomic E-state index is 12.4. The number of H-pyrrole nitrogens is 1. The number of nitrogens with two attached hydrogens (primary N) is 1. The Bertz CT molecular complexity index is 1000. The highest BCUT2D eigenvalue weighted by molar-refractivity contribution is 5.93. The number of ether oxygens (including phenoxy) is 3. The minimum atomic E-state index is -0.693. The molecule has 0 saturated carbocycles. The monoisotopic (exact) mass is 383 g/mol. The van der Waals surface area contributed by atoms with Crippen molar-refractivity contribution in [3.05, 3.63) is 53.7 Å². The van der Waals surface area contributed by atoms with E-state index in [1.165, 1.54) is 33.5 Å². The van der Waals surface area contributed by atoms with E-state index in [0.29, 0.717) is 23.7 Å². The maximum Gasteiger partial charge on any atom is 0.366 e. The summed E-state index contributed by atoms with van der Waals surface area (Å²) in [6.45, 7) is 0. The first-order chi connectivity index (χ1) is 13.6. The van der Waals surface area contributed by atoms with Crippen molar-refractivity contribution in [2.75, 3.05) is 21.3 Å². The molecule has 3 N–H and O–H groups in total. The lowest BCUT2D eigenvalue weighted by atomic mass is 10.1. The lowest BCUT2D eigenvalue weighted by Gasteiger charge is -2.13. The number of aromatic amines is 1. The van der Waals surface area contributed by atoms with Gasteiger partial charge in [-0.05, 0) is 23.8 Å². The number of carbonyl (C=O) groups is 1. The SMILES string of the molecule is COc1cc(C(=O)O/N=C(\N)Cc2c[nH]c3ccccc23)cc(OC)c1OC. The number of nitrogens with one attached hydrogen (secondary N) is 1. The molecule has 0 saturated heterocycles. The largest absolute Gasteiger partial charge is 0.493 e. The number of para-hydroxylation sites is 1. The topological polar surface area (TPSA) is 108 Å². The molecule has 0 atom stereocenters. The molecule has 0 bridgehead atoms. The van der Waals surface area contributed by atoms with Crippen molar-refractivity contribution < 1.29 is 23.8 Å². The van der Waals surface area contributed by atoms with E-state index >= 15 is 0 Å². The van der Waals surface area contributed by atoms with Gasteiger partial charge in [0.1, 0.15) is 5.84 Å². The van der Waals surface area contributed by atoms with Crippen LogP contribution in [0.3, 0.4) is 0 Å². The summed E-state index contributed by atoms with van der Waals surface area (Å²) in [6, 6.07) is 10.8. The van der Waals surface area contributed by atoms with E-state index in [0.717, 1.165) is 16.5 Å². The Hall–Kier alpha value is -3.68. The van der Waals surface area contributed by atoms with Crippen molar-refractivity contribution in [1.29, 1.82) is 0 Å². The fraction of sp³-hybridized carbons (Fsp3) is 0.200. The second kappa shape index (κ2) is 8.34. The highest BCUT2D eigenvalue weighted by Crippen LogP contribution is 2.38. The Morgan fingerprint density at radius 3 is 2.39 bits per heavy atom. The smallest absolute Gasteiger partial charge is 0.366 e. The highest BCUT2D eigenvalue weighted by atomic mass is 16.7. The van der Waals surface area contributed by atoms with E-state index < -0.39 is 5.97 Å². The number of fused-ring (bicyclic) bond motifs is 1. The summed E-state index contributed by atoms with van der Waals surface area (Å²) >= 11 is 0. The zero-order chi connectivity index (χ0) is 20.1. The molecule has 8 nitrogen and oxygen atoms in total. The van der Waals surface area contributed by atoms with Crippen molar-refractivity contribution in [3.63, 3.8) is 0 Å². The molecule has 3 rings (SSSR count). The van der Waals surface area contributed by atoms with E-state index in [1.807, 2.05) is 30.5 Å². The van der Waals surface area contributed by atoms with Crippen molar-refractivity contribution in [2.24, 2.45) is 10.9 Å². The van der Waals surface area contributed by atoms with Crippen molar-refractivity contribution in [3.8, 4) is 17.2 Å². The van der Waals surface area contributed by atoms with Gasteiger partial charge >= 0.3 is 5.97 Å². The summed E-state index contributed by atoms with van der Waals surface area (Å²) in [5, 5.41) is 4.79. The van der Waals surface area contributed by atoms with Gasteiger partial charge in [-0.1, -0.05) is 23.4 Å². The molecular weight excluding hydrogens is 362 g/mol. The summed E-state index contributed by atoms with van der Waals surface area (Å²) in [4.78, 5) is 20.5. The van der Waals surface area contributed by atoms with Crippen molar-refractivity contribution >= 4 is 22.7 Å². The lowest BCUT2D eigenvalue weighted by molar-refractivity contribution is 0.0514. The fourth-order valence-corrected chi connectivity index (χ4v) is 2.86. The summed E-state index contributed by atoms with van der Waals surface area (Å²) < 4.78 is 15.7. The van der Waals surface area contributed by atoms with Gasteiger partial charge in [0, 0.05) is 23.5 Å². The Morgan fingerprint density at radius 1 is 1.07 bits per heavy atom. The number of oxime groups is 1. The normalized spacial score (nSPS) is 11.3. The predicted molar refractivity (Wildman–Crippen MR) is 105 cm³/mol. The second-order valence-electron chi connectivity index (χ2n) is 5.91. The molecule has 0 aliphatic heterocycles. The van der Waals surface area contributed by atoms with Crippen LogP contribution in [0, 0.1) is 0 Å². The molecule has 0 fully saturated rings. The zero-order valence-electron chi connectivity index (χ0n) is 15.8. The van der Waals surface area contributed by atoms with E-state index in [2.05, 4.69) is 10.1 Å². The van der Waals surface area contributed by atoms with Crippen molar-refractivity contribution in [1.82, 2.24) is 4.98 Å². The molecule has 146 valence electrons. The van der Waals surface area contributed by atoms with Crippen LogP contribution >= 0.6 is 0 Å². The van der Waals surface area contributed by atoms with Gasteiger partial charge < -0.3 is 29.8 Å². The number of carbonyl (C=O) groups excluding carboxylic acids is 1. The Labute approximate surface area is 161 Å². The highest BCUT2D eigenvalue weighted by Gasteiger charge is 2.18. The molecule has 8 heteroatoms. The quantitative estimate of drug-likeness (QED) is 0.281. The van der Waals surface area contributed by atoms with Crippen LogP contribution in [0.25, 0.3) is 10.9 Å². The van der Waals surface area contributed by atoms with Gasteiger partial charge in [0.05, 0.1) is 26.9 Å². The molecule has 2 aromatic carbocycles. The number of amidine groups is 1. The zero-order valence-corrected chi connectivity index (χ0v) is 15.8. The molecule has 1 heterocycles. The fourth-order valence-electron chi connectivity index (χ4n) is 2.86. The summed E-state index contributed by atoms with van der Waals surface area (Å²) in [6.07, 6.45) is 2.20. The molecule has 28 heavy (non-hydrogen) atoms. The third-order valence-corrected chi connectivity index (χ3v) is 4.19. The molecule has 0 radical (unpaired) electrons. The molecule has 0 aliphatic rings. The first-order valence-corrected chi connectivity index (χ1v) is 8.46. The second-order valence-corrected chi connectivity index (χ2v) is 5.91. The third kappa shape index (κ3) is 3.85. The maximum atomic E-state index is 12.4. The lowest BCUT2D eigenvalue weighted by Crippen LogP contribution is -2.16. The molecule has 3 aromatic rings. The number of benzene rings is 2. The van der Waals surface area contributed by atoms with Gasteiger partial charge in [-0.25, -0.2) is 4.79 Å². The van der Waals surface area contributed by atoms with E-state index in [9.17, 15) is 4.79 Å². The molecule has 0 amide bonds. The number of aromatic nitrogens is 1. The van der Waals surface area contributed by atoms with Crippen LogP contribution in [0.2, 0.25) is 0 Å². The minimum absolute atomic E-state index is 0.172. The van der Waals surface area contributed by atoms with Crippen LogP contribution in [0.4, 0.5) is 0 Å². The molecule has 1 aromatic heterocycles. The van der Waals surface area contributed by atoms with Gasteiger partial charge in [0.25, 0.3) is 0 Å². The van der Waals surface area contributed by atoms with E-state index in [4.69, 9.17) is 24.8 Å². The molecule has 0 unspecified atom stereocenters. The average molecular weight is 383 g/mol. The number of hydrogen-bond donors (Lipinski definition) is 2. The summed E-state index contributed by atoms with van der Waals surface area (Å²) in [5.74, 6) is 0.532. The van der Waals surface area contributed by atoms with Crippen LogP contribution in [0.5, 0.6) is 17.2 Å². The summed E-state index contributed by atoms with van der Waals surface area (Å²) in [5.41, 5.74) is 8.08. The van der Waals surface area contributed by atoms with Crippen LogP contribution in [0.1, 0.15) is 15.9 Å². The van der Waals surface area contributed by atoms with Crippen LogP contribution < -0.4 is 19.9 Å². The van der Waals surface area contributed by atoms with Crippen LogP contribution in [0.15, 0.2) is 47.8 Å². The van der Waals surface area contributed by atoms with E-state index in [-0.39, 0.29) is 11.4 Å². The first kappa shape index (κ1) is 19.1. The Morgan fingerprint density at radius 2 is 1.75 bits per heavy atom. The molecular formula is C20H21N3O5. The van der Waals surface area contributed by atoms with Crippen LogP contribution in [-0.4, -0.2) is 38.1 Å². The van der Waals surface area contributed by atoms with Gasteiger partial charge in [0.15, 0.2) is 11.5 Å². The molecule has 0 aliphatic carbocycles. The minimum Gasteiger partial charge on any atom is -0.493 e. The first-order valence-electron chi connectivity index (χ1n) is 8.46. The number of rotatable bonds is 7. The van der Waals surface area contributed by atoms with Crippen LogP contribution in [-0.2, 0) is 11.3 Å². The van der Waals surface area contributed by atoms with Crippen molar-refractivity contribution in [2.45, 2.75) is 6.42 Å². The summed E-state index contributed by atoms with van der Waals surface area (Å²) in [7, 11) is 4.40. The van der Waals surface area contributed by atoms with Gasteiger partial charge in [-0.2, -0.15) is 0 Å². The van der Waals surface area contributed by atoms with Gasteiger partial charge in [0.2, 0.25) is 5.75 Å². The Balaban J connectivity index is 1.75. The number of nitrogens with zero attached hydrogens (tertiary/aromatic N) is 1. The Kier molecular flexibility index (Phi) is 5.69. The standard InChI is InChI=1S/C20H21N3O5/c1-25-16-8-12(9-17(26-2)19(16)27-3)20(24)28-23-18(21)10-13-11-22-15-7-5-4-6-14(13)15/h4-9,11,22H,10H2,1-3H3,(H2,21,23). The number of hydrogen-bond acceptors (Lipinski definition) is 6. The number of methoxy groups -OCH3 is 3.